The fraction of sp³-hybridized carbons (Fsp3) is 0.700. The molecule has 0 bridgehead atoms. The van der Waals surface area contributed by atoms with Crippen LogP contribution >= 0.6 is 0 Å². The van der Waals surface area contributed by atoms with Gasteiger partial charge in [0.1, 0.15) is 0 Å². The van der Waals surface area contributed by atoms with Crippen LogP contribution in [0.15, 0.2) is 24.5 Å². The largest absolute Gasteiger partial charge is 0.379 e. The lowest BCUT2D eigenvalue weighted by Crippen LogP contribution is -2.53. The summed E-state index contributed by atoms with van der Waals surface area (Å²) in [5.74, 6) is 0.321. The number of ether oxygens (including phenoxy) is 1. The Balaban J connectivity index is 1.52. The van der Waals surface area contributed by atoms with Gasteiger partial charge >= 0.3 is 0 Å². The van der Waals surface area contributed by atoms with Gasteiger partial charge in [0.2, 0.25) is 5.91 Å². The SMILES string of the molecule is O=C1CCC2(CCNCC2)CN1CC(c1ccncc1)N1CCOCC1. The van der Waals surface area contributed by atoms with E-state index in [-0.39, 0.29) is 6.04 Å². The summed E-state index contributed by atoms with van der Waals surface area (Å²) in [5, 5.41) is 3.47. The van der Waals surface area contributed by atoms with E-state index in [9.17, 15) is 4.79 Å². The highest BCUT2D eigenvalue weighted by Gasteiger charge is 2.40. The number of amides is 1. The fourth-order valence-corrected chi connectivity index (χ4v) is 4.75. The van der Waals surface area contributed by atoms with Crippen molar-refractivity contribution in [2.75, 3.05) is 52.5 Å². The maximum absolute atomic E-state index is 12.7. The standard InChI is InChI=1S/C20H30N4O2/c25-19-1-4-20(5-9-22-10-6-20)16-24(19)15-18(17-2-7-21-8-3-17)23-11-13-26-14-12-23/h2-3,7-8,18,22H,1,4-6,9-16H2. The second kappa shape index (κ2) is 8.03. The zero-order valence-corrected chi connectivity index (χ0v) is 15.5. The molecule has 4 heterocycles. The van der Waals surface area contributed by atoms with Crippen molar-refractivity contribution in [2.24, 2.45) is 5.41 Å². The van der Waals surface area contributed by atoms with Crippen molar-refractivity contribution in [3.8, 4) is 0 Å². The zero-order valence-electron chi connectivity index (χ0n) is 15.5. The van der Waals surface area contributed by atoms with Crippen LogP contribution < -0.4 is 5.32 Å². The number of nitrogens with one attached hydrogen (secondary N) is 1. The number of likely N-dealkylation sites (tertiary alicyclic amines) is 1. The van der Waals surface area contributed by atoms with Crippen molar-refractivity contribution in [3.05, 3.63) is 30.1 Å². The van der Waals surface area contributed by atoms with Crippen LogP contribution in [0.3, 0.4) is 0 Å². The minimum atomic E-state index is 0.225. The van der Waals surface area contributed by atoms with E-state index in [1.54, 1.807) is 0 Å². The summed E-state index contributed by atoms with van der Waals surface area (Å²) >= 11 is 0. The molecule has 3 aliphatic heterocycles. The van der Waals surface area contributed by atoms with Gasteiger partial charge in [-0.25, -0.2) is 0 Å². The summed E-state index contributed by atoms with van der Waals surface area (Å²) in [4.78, 5) is 21.5. The number of aromatic nitrogens is 1. The van der Waals surface area contributed by atoms with Crippen LogP contribution in [0.5, 0.6) is 0 Å². The summed E-state index contributed by atoms with van der Waals surface area (Å²) in [5.41, 5.74) is 1.58. The van der Waals surface area contributed by atoms with E-state index in [1.165, 1.54) is 18.4 Å². The number of hydrogen-bond donors (Lipinski definition) is 1. The monoisotopic (exact) mass is 358 g/mol. The van der Waals surface area contributed by atoms with Crippen molar-refractivity contribution < 1.29 is 9.53 Å². The molecule has 0 aromatic carbocycles. The second-order valence-corrected chi connectivity index (χ2v) is 7.97. The highest BCUT2D eigenvalue weighted by atomic mass is 16.5. The second-order valence-electron chi connectivity index (χ2n) is 7.97. The lowest BCUT2D eigenvalue weighted by Gasteiger charge is -2.47. The van der Waals surface area contributed by atoms with Gasteiger partial charge in [-0.15, -0.1) is 0 Å². The van der Waals surface area contributed by atoms with Crippen molar-refractivity contribution >= 4 is 5.91 Å². The first-order valence-corrected chi connectivity index (χ1v) is 9.96. The minimum Gasteiger partial charge on any atom is -0.379 e. The van der Waals surface area contributed by atoms with Gasteiger partial charge in [-0.3, -0.25) is 14.7 Å². The van der Waals surface area contributed by atoms with E-state index in [2.05, 4.69) is 32.2 Å². The number of hydrogen-bond acceptors (Lipinski definition) is 5. The van der Waals surface area contributed by atoms with Gasteiger partial charge in [0, 0.05) is 45.0 Å². The van der Waals surface area contributed by atoms with Gasteiger partial charge in [0.25, 0.3) is 0 Å². The molecule has 142 valence electrons. The smallest absolute Gasteiger partial charge is 0.222 e. The van der Waals surface area contributed by atoms with Crippen LogP contribution in [-0.4, -0.2) is 73.2 Å². The predicted molar refractivity (Wildman–Crippen MR) is 99.7 cm³/mol. The lowest BCUT2D eigenvalue weighted by molar-refractivity contribution is -0.140. The summed E-state index contributed by atoms with van der Waals surface area (Å²) < 4.78 is 5.55. The minimum absolute atomic E-state index is 0.225. The quantitative estimate of drug-likeness (QED) is 0.883. The summed E-state index contributed by atoms with van der Waals surface area (Å²) in [6.07, 6.45) is 7.85. The Labute approximate surface area is 155 Å². The van der Waals surface area contributed by atoms with E-state index >= 15 is 0 Å². The number of morpholine rings is 1. The van der Waals surface area contributed by atoms with Crippen LogP contribution in [0, 0.1) is 5.41 Å². The maximum Gasteiger partial charge on any atom is 0.222 e. The Morgan fingerprint density at radius 3 is 2.62 bits per heavy atom. The number of piperidine rings is 2. The fourth-order valence-electron chi connectivity index (χ4n) is 4.75. The Morgan fingerprint density at radius 1 is 1.15 bits per heavy atom. The van der Waals surface area contributed by atoms with Gasteiger partial charge < -0.3 is 15.0 Å². The third-order valence-electron chi connectivity index (χ3n) is 6.38. The van der Waals surface area contributed by atoms with Crippen LogP contribution in [0.4, 0.5) is 0 Å². The van der Waals surface area contributed by atoms with Gasteiger partial charge in [-0.05, 0) is 55.5 Å². The summed E-state index contributed by atoms with van der Waals surface area (Å²) in [6.45, 7) is 7.24. The van der Waals surface area contributed by atoms with E-state index in [0.717, 1.165) is 58.9 Å². The van der Waals surface area contributed by atoms with Crippen LogP contribution in [0.25, 0.3) is 0 Å². The molecule has 1 atom stereocenters. The maximum atomic E-state index is 12.7. The number of rotatable bonds is 4. The first-order chi connectivity index (χ1) is 12.8. The number of carbonyl (C=O) groups is 1. The van der Waals surface area contributed by atoms with E-state index in [4.69, 9.17) is 4.74 Å². The van der Waals surface area contributed by atoms with Crippen LogP contribution in [-0.2, 0) is 9.53 Å². The van der Waals surface area contributed by atoms with Gasteiger partial charge in [-0.1, -0.05) is 0 Å². The molecule has 1 N–H and O–H groups in total. The number of carbonyl (C=O) groups excluding carboxylic acids is 1. The first kappa shape index (κ1) is 17.9. The molecule has 26 heavy (non-hydrogen) atoms. The Bertz CT molecular complexity index is 597. The van der Waals surface area contributed by atoms with Crippen LogP contribution in [0.1, 0.15) is 37.3 Å². The Hall–Kier alpha value is -1.50. The molecule has 0 saturated carbocycles. The lowest BCUT2D eigenvalue weighted by atomic mass is 9.72. The van der Waals surface area contributed by atoms with Crippen molar-refractivity contribution in [1.82, 2.24) is 20.1 Å². The Morgan fingerprint density at radius 2 is 1.88 bits per heavy atom. The third-order valence-corrected chi connectivity index (χ3v) is 6.38. The average Bonchev–Trinajstić information content (AvgIpc) is 2.71. The highest BCUT2D eigenvalue weighted by molar-refractivity contribution is 5.77. The predicted octanol–water partition coefficient (Wildman–Crippen LogP) is 1.45. The van der Waals surface area contributed by atoms with E-state index in [1.807, 2.05) is 12.4 Å². The Kier molecular flexibility index (Phi) is 5.52. The summed E-state index contributed by atoms with van der Waals surface area (Å²) in [7, 11) is 0. The third kappa shape index (κ3) is 3.92. The molecule has 6 heteroatoms. The van der Waals surface area contributed by atoms with Gasteiger partial charge in [-0.2, -0.15) is 0 Å². The summed E-state index contributed by atoms with van der Waals surface area (Å²) in [6, 6.07) is 4.41. The number of nitrogens with zero attached hydrogens (tertiary/aromatic N) is 3. The molecule has 1 spiro atoms. The molecule has 1 amide bonds. The molecule has 0 aliphatic carbocycles. The molecule has 4 rings (SSSR count). The normalized spacial score (nSPS) is 25.4. The molecule has 1 unspecified atom stereocenters. The van der Waals surface area contributed by atoms with Crippen molar-refractivity contribution in [3.63, 3.8) is 0 Å². The molecule has 0 radical (unpaired) electrons. The molecule has 3 fully saturated rings. The number of pyridine rings is 1. The molecular weight excluding hydrogens is 328 g/mol. The first-order valence-electron chi connectivity index (χ1n) is 9.96. The van der Waals surface area contributed by atoms with E-state index < -0.39 is 0 Å². The van der Waals surface area contributed by atoms with Gasteiger partial charge in [0.05, 0.1) is 19.3 Å². The van der Waals surface area contributed by atoms with Crippen molar-refractivity contribution in [1.29, 1.82) is 0 Å². The van der Waals surface area contributed by atoms with Crippen molar-refractivity contribution in [2.45, 2.75) is 31.7 Å². The molecule has 3 saturated heterocycles. The molecule has 3 aliphatic rings. The highest BCUT2D eigenvalue weighted by Crippen LogP contribution is 2.39. The molecular formula is C20H30N4O2. The molecule has 1 aromatic heterocycles. The average molecular weight is 358 g/mol. The zero-order chi connectivity index (χ0) is 17.8. The topological polar surface area (TPSA) is 57.7 Å². The van der Waals surface area contributed by atoms with Gasteiger partial charge in [0.15, 0.2) is 0 Å². The van der Waals surface area contributed by atoms with E-state index in [0.29, 0.717) is 17.7 Å². The molecule has 1 aromatic rings. The van der Waals surface area contributed by atoms with Crippen LogP contribution in [0.2, 0.25) is 0 Å². The molecule has 6 nitrogen and oxygen atoms in total.